The average molecular weight is 222 g/mol. The fourth-order valence-corrected chi connectivity index (χ4v) is 1.35. The summed E-state index contributed by atoms with van der Waals surface area (Å²) in [5, 5.41) is 8.38. The molecule has 0 amide bonds. The predicted molar refractivity (Wildman–Crippen MR) is 58.6 cm³/mol. The van der Waals surface area contributed by atoms with Crippen molar-refractivity contribution >= 4 is 11.8 Å². The molecule has 0 bridgehead atoms. The number of carboxylic acids is 1. The summed E-state index contributed by atoms with van der Waals surface area (Å²) in [6.07, 6.45) is 1.34. The number of carbonyl (C=O) groups excluding carboxylic acids is 1. The number of ether oxygens (including phenoxy) is 1. The maximum absolute atomic E-state index is 10.8. The lowest BCUT2D eigenvalue weighted by Gasteiger charge is -2.02. The van der Waals surface area contributed by atoms with E-state index in [1.165, 1.54) is 0 Å². The molecule has 86 valence electrons. The minimum atomic E-state index is -1.35. The summed E-state index contributed by atoms with van der Waals surface area (Å²) in [6, 6.07) is 7.50. The monoisotopic (exact) mass is 222 g/mol. The summed E-state index contributed by atoms with van der Waals surface area (Å²) in [5.74, 6) is -1.30. The van der Waals surface area contributed by atoms with E-state index in [1.54, 1.807) is 7.11 Å². The molecule has 0 fully saturated rings. The Balaban J connectivity index is 2.37. The second-order valence-corrected chi connectivity index (χ2v) is 3.43. The van der Waals surface area contributed by atoms with Gasteiger partial charge in [0.15, 0.2) is 0 Å². The Hall–Kier alpha value is -1.84. The summed E-state index contributed by atoms with van der Waals surface area (Å²) in [5.41, 5.74) is 1.07. The summed E-state index contributed by atoms with van der Waals surface area (Å²) < 4.78 is 5.01. The van der Waals surface area contributed by atoms with Gasteiger partial charge in [0.25, 0.3) is 0 Å². The highest BCUT2D eigenvalue weighted by Gasteiger charge is 2.10. The van der Waals surface area contributed by atoms with Crippen LogP contribution in [-0.2, 0) is 16.0 Å². The van der Waals surface area contributed by atoms with Crippen molar-refractivity contribution in [2.45, 2.75) is 19.3 Å². The van der Waals surface area contributed by atoms with Crippen molar-refractivity contribution in [3.8, 4) is 5.75 Å². The quantitative estimate of drug-likeness (QED) is 0.743. The van der Waals surface area contributed by atoms with Crippen LogP contribution in [0.3, 0.4) is 0 Å². The molecule has 0 saturated carbocycles. The molecule has 0 aliphatic carbocycles. The highest BCUT2D eigenvalue weighted by atomic mass is 16.5. The first-order valence-corrected chi connectivity index (χ1v) is 5.02. The second kappa shape index (κ2) is 5.90. The van der Waals surface area contributed by atoms with E-state index in [4.69, 9.17) is 9.84 Å². The van der Waals surface area contributed by atoms with Crippen molar-refractivity contribution in [3.63, 3.8) is 0 Å². The van der Waals surface area contributed by atoms with Gasteiger partial charge in [-0.2, -0.15) is 0 Å². The molecule has 0 aromatic heterocycles. The lowest BCUT2D eigenvalue weighted by molar-refractivity contribution is -0.149. The molecular weight excluding hydrogens is 208 g/mol. The maximum atomic E-state index is 10.8. The molecule has 0 aliphatic rings. The van der Waals surface area contributed by atoms with Gasteiger partial charge in [-0.05, 0) is 30.5 Å². The van der Waals surface area contributed by atoms with E-state index >= 15 is 0 Å². The van der Waals surface area contributed by atoms with Gasteiger partial charge in [-0.15, -0.1) is 0 Å². The lowest BCUT2D eigenvalue weighted by atomic mass is 10.1. The van der Waals surface area contributed by atoms with Crippen LogP contribution in [-0.4, -0.2) is 24.0 Å². The van der Waals surface area contributed by atoms with E-state index in [1.807, 2.05) is 24.3 Å². The van der Waals surface area contributed by atoms with Crippen molar-refractivity contribution in [2.75, 3.05) is 7.11 Å². The molecule has 1 rings (SSSR count). The molecule has 0 saturated heterocycles. The Labute approximate surface area is 93.9 Å². The van der Waals surface area contributed by atoms with Crippen LogP contribution in [0.5, 0.6) is 5.75 Å². The highest BCUT2D eigenvalue weighted by Crippen LogP contribution is 2.13. The van der Waals surface area contributed by atoms with Gasteiger partial charge in [-0.1, -0.05) is 12.1 Å². The van der Waals surface area contributed by atoms with Crippen LogP contribution in [0, 0.1) is 0 Å². The third-order valence-electron chi connectivity index (χ3n) is 2.27. The Morgan fingerprint density at radius 3 is 2.38 bits per heavy atom. The Morgan fingerprint density at radius 2 is 1.88 bits per heavy atom. The largest absolute Gasteiger partial charge is 0.497 e. The average Bonchev–Trinajstić information content (AvgIpc) is 2.29. The Bertz CT molecular complexity index is 367. The minimum Gasteiger partial charge on any atom is -0.497 e. The van der Waals surface area contributed by atoms with Crippen LogP contribution >= 0.6 is 0 Å². The number of rotatable bonds is 6. The Morgan fingerprint density at radius 1 is 1.25 bits per heavy atom. The van der Waals surface area contributed by atoms with E-state index in [0.29, 0.717) is 12.8 Å². The van der Waals surface area contributed by atoms with Gasteiger partial charge >= 0.3 is 5.97 Å². The normalized spacial score (nSPS) is 9.81. The van der Waals surface area contributed by atoms with E-state index in [-0.39, 0.29) is 6.42 Å². The van der Waals surface area contributed by atoms with Crippen molar-refractivity contribution < 1.29 is 19.4 Å². The molecule has 4 heteroatoms. The topological polar surface area (TPSA) is 63.6 Å². The maximum Gasteiger partial charge on any atom is 0.372 e. The van der Waals surface area contributed by atoms with E-state index < -0.39 is 11.8 Å². The number of aryl methyl sites for hydroxylation is 1. The number of hydrogen-bond donors (Lipinski definition) is 1. The van der Waals surface area contributed by atoms with Crippen LogP contribution in [0.15, 0.2) is 24.3 Å². The molecule has 1 aromatic carbocycles. The first kappa shape index (κ1) is 12.2. The summed E-state index contributed by atoms with van der Waals surface area (Å²) in [6.45, 7) is 0. The molecule has 0 radical (unpaired) electrons. The molecule has 0 spiro atoms. The third kappa shape index (κ3) is 3.73. The van der Waals surface area contributed by atoms with Gasteiger partial charge in [0.05, 0.1) is 7.11 Å². The molecule has 0 heterocycles. The van der Waals surface area contributed by atoms with Crippen molar-refractivity contribution in [1.29, 1.82) is 0 Å². The molecule has 0 atom stereocenters. The van der Waals surface area contributed by atoms with Gasteiger partial charge in [0, 0.05) is 6.42 Å². The van der Waals surface area contributed by atoms with Crippen molar-refractivity contribution in [3.05, 3.63) is 29.8 Å². The molecule has 1 N–H and O–H groups in total. The molecule has 1 aromatic rings. The minimum absolute atomic E-state index is 0.0847. The summed E-state index contributed by atoms with van der Waals surface area (Å²) in [7, 11) is 1.60. The van der Waals surface area contributed by atoms with E-state index in [2.05, 4.69) is 0 Å². The molecule has 4 nitrogen and oxygen atoms in total. The number of aliphatic carboxylic acids is 1. The fourth-order valence-electron chi connectivity index (χ4n) is 1.35. The summed E-state index contributed by atoms with van der Waals surface area (Å²) in [4.78, 5) is 21.1. The van der Waals surface area contributed by atoms with Gasteiger partial charge < -0.3 is 9.84 Å². The number of ketones is 1. The zero-order valence-corrected chi connectivity index (χ0v) is 9.10. The predicted octanol–water partition coefficient (Wildman–Crippen LogP) is 1.67. The standard InChI is InChI=1S/C12H14O4/c1-16-10-7-5-9(6-8-10)3-2-4-11(13)12(14)15/h5-8H,2-4H2,1H3,(H,14,15). The van der Waals surface area contributed by atoms with Crippen LogP contribution < -0.4 is 4.74 Å². The Kier molecular flexibility index (Phi) is 4.51. The smallest absolute Gasteiger partial charge is 0.372 e. The fraction of sp³-hybridized carbons (Fsp3) is 0.333. The van der Waals surface area contributed by atoms with Gasteiger partial charge in [-0.3, -0.25) is 4.79 Å². The summed E-state index contributed by atoms with van der Waals surface area (Å²) >= 11 is 0. The van der Waals surface area contributed by atoms with Crippen LogP contribution in [0.25, 0.3) is 0 Å². The van der Waals surface area contributed by atoms with Crippen molar-refractivity contribution in [1.82, 2.24) is 0 Å². The molecule has 0 unspecified atom stereocenters. The van der Waals surface area contributed by atoms with Gasteiger partial charge in [0.2, 0.25) is 5.78 Å². The van der Waals surface area contributed by atoms with Gasteiger partial charge in [0.1, 0.15) is 5.75 Å². The molecule has 0 aliphatic heterocycles. The number of hydrogen-bond acceptors (Lipinski definition) is 3. The van der Waals surface area contributed by atoms with Gasteiger partial charge in [-0.25, -0.2) is 4.79 Å². The highest BCUT2D eigenvalue weighted by molar-refractivity contribution is 6.32. The van der Waals surface area contributed by atoms with Crippen LogP contribution in [0.4, 0.5) is 0 Å². The second-order valence-electron chi connectivity index (χ2n) is 3.43. The molecular formula is C12H14O4. The van der Waals surface area contributed by atoms with Crippen molar-refractivity contribution in [2.24, 2.45) is 0 Å². The third-order valence-corrected chi connectivity index (χ3v) is 2.27. The number of methoxy groups -OCH3 is 1. The zero-order valence-electron chi connectivity index (χ0n) is 9.10. The number of carbonyl (C=O) groups is 2. The first-order chi connectivity index (χ1) is 7.63. The van der Waals surface area contributed by atoms with E-state index in [0.717, 1.165) is 11.3 Å². The van der Waals surface area contributed by atoms with E-state index in [9.17, 15) is 9.59 Å². The van der Waals surface area contributed by atoms with Crippen LogP contribution in [0.1, 0.15) is 18.4 Å². The molecule has 16 heavy (non-hydrogen) atoms. The number of benzene rings is 1. The SMILES string of the molecule is COc1ccc(CCCC(=O)C(=O)O)cc1. The first-order valence-electron chi connectivity index (χ1n) is 5.02. The lowest BCUT2D eigenvalue weighted by Crippen LogP contribution is -2.12. The van der Waals surface area contributed by atoms with Crippen LogP contribution in [0.2, 0.25) is 0 Å². The number of Topliss-reactive ketones (excluding diaryl/α,β-unsaturated/α-hetero) is 1. The zero-order chi connectivity index (χ0) is 12.0. The number of carboxylic acid groups (broad SMARTS) is 1.